The van der Waals surface area contributed by atoms with Gasteiger partial charge in [-0.05, 0) is 49.4 Å². The van der Waals surface area contributed by atoms with Crippen LogP contribution in [-0.2, 0) is 11.2 Å². The molecule has 1 aliphatic rings. The van der Waals surface area contributed by atoms with Crippen LogP contribution in [0.25, 0.3) is 0 Å². The number of thioether (sulfide) groups is 1. The number of rotatable bonds is 9. The van der Waals surface area contributed by atoms with Crippen LogP contribution in [0.15, 0.2) is 52.2 Å². The summed E-state index contributed by atoms with van der Waals surface area (Å²) in [5.74, 6) is 2.08. The van der Waals surface area contributed by atoms with Gasteiger partial charge in [0.05, 0.1) is 24.5 Å². The van der Waals surface area contributed by atoms with E-state index in [1.807, 2.05) is 24.4 Å². The van der Waals surface area contributed by atoms with Crippen molar-refractivity contribution in [3.8, 4) is 17.2 Å². The first-order valence-corrected chi connectivity index (χ1v) is 11.5. The van der Waals surface area contributed by atoms with Gasteiger partial charge < -0.3 is 19.5 Å². The Kier molecular flexibility index (Phi) is 6.73. The van der Waals surface area contributed by atoms with Crippen molar-refractivity contribution in [2.45, 2.75) is 17.7 Å². The minimum atomic E-state index is -0.151. The van der Waals surface area contributed by atoms with Crippen molar-refractivity contribution in [2.24, 2.45) is 0 Å². The highest BCUT2D eigenvalue weighted by Crippen LogP contribution is 2.33. The maximum atomic E-state index is 12.5. The highest BCUT2D eigenvalue weighted by Gasteiger charge is 2.17. The van der Waals surface area contributed by atoms with E-state index in [-0.39, 0.29) is 30.7 Å². The third kappa shape index (κ3) is 5.56. The molecule has 0 bridgehead atoms. The van der Waals surface area contributed by atoms with Crippen molar-refractivity contribution in [1.82, 2.24) is 4.98 Å². The largest absolute Gasteiger partial charge is 0.494 e. The lowest BCUT2D eigenvalue weighted by Crippen LogP contribution is -2.14. The molecule has 1 aliphatic heterocycles. The highest BCUT2D eigenvalue weighted by molar-refractivity contribution is 8.01. The minimum Gasteiger partial charge on any atom is -0.494 e. The monoisotopic (exact) mass is 456 g/mol. The second-order valence-electron chi connectivity index (χ2n) is 6.57. The van der Waals surface area contributed by atoms with Crippen LogP contribution in [0.5, 0.6) is 17.2 Å². The number of carbonyl (C=O) groups excluding carboxylic acids is 2. The molecule has 1 amide bonds. The van der Waals surface area contributed by atoms with Crippen LogP contribution in [0.1, 0.15) is 23.0 Å². The van der Waals surface area contributed by atoms with E-state index < -0.39 is 0 Å². The van der Waals surface area contributed by atoms with Crippen molar-refractivity contribution in [2.75, 3.05) is 24.5 Å². The van der Waals surface area contributed by atoms with Gasteiger partial charge in [-0.3, -0.25) is 9.59 Å². The molecule has 0 aliphatic carbocycles. The second kappa shape index (κ2) is 9.84. The van der Waals surface area contributed by atoms with Gasteiger partial charge in [-0.1, -0.05) is 11.8 Å². The number of ketones is 1. The van der Waals surface area contributed by atoms with E-state index >= 15 is 0 Å². The lowest BCUT2D eigenvalue weighted by molar-refractivity contribution is -0.115. The summed E-state index contributed by atoms with van der Waals surface area (Å²) in [6, 6.07) is 12.4. The number of nitrogens with zero attached hydrogens (tertiary/aromatic N) is 1. The molecule has 0 fully saturated rings. The third-order valence-electron chi connectivity index (χ3n) is 4.34. The molecule has 2 aromatic carbocycles. The van der Waals surface area contributed by atoms with Crippen molar-refractivity contribution in [1.29, 1.82) is 0 Å². The molecule has 31 heavy (non-hydrogen) atoms. The number of amides is 1. The molecule has 1 aromatic heterocycles. The molecule has 1 N–H and O–H groups in total. The van der Waals surface area contributed by atoms with Crippen LogP contribution < -0.4 is 19.5 Å². The topological polar surface area (TPSA) is 86.8 Å². The predicted octanol–water partition coefficient (Wildman–Crippen LogP) is 4.43. The number of hydrogen-bond donors (Lipinski definition) is 1. The zero-order chi connectivity index (χ0) is 21.6. The fourth-order valence-electron chi connectivity index (χ4n) is 2.89. The van der Waals surface area contributed by atoms with E-state index in [9.17, 15) is 9.59 Å². The first-order valence-electron chi connectivity index (χ1n) is 9.63. The average Bonchev–Trinajstić information content (AvgIpc) is 3.42. The molecule has 0 unspecified atom stereocenters. The van der Waals surface area contributed by atoms with E-state index in [0.717, 1.165) is 10.1 Å². The van der Waals surface area contributed by atoms with Gasteiger partial charge in [0, 0.05) is 16.6 Å². The Morgan fingerprint density at radius 3 is 2.77 bits per heavy atom. The predicted molar refractivity (Wildman–Crippen MR) is 120 cm³/mol. The van der Waals surface area contributed by atoms with E-state index in [1.165, 1.54) is 23.1 Å². The second-order valence-corrected chi connectivity index (χ2v) is 8.65. The molecule has 0 atom stereocenters. The fourth-order valence-corrected chi connectivity index (χ4v) is 4.63. The minimum absolute atomic E-state index is 0.0201. The Hall–Kier alpha value is -3.04. The van der Waals surface area contributed by atoms with Gasteiger partial charge in [0.15, 0.2) is 21.6 Å². The van der Waals surface area contributed by atoms with Gasteiger partial charge >= 0.3 is 0 Å². The van der Waals surface area contributed by atoms with Gasteiger partial charge in [0.1, 0.15) is 5.75 Å². The summed E-state index contributed by atoms with van der Waals surface area (Å²) in [5, 5.41) is 4.69. The third-order valence-corrected chi connectivity index (χ3v) is 6.41. The number of aromatic nitrogens is 1. The number of hydrogen-bond acceptors (Lipinski definition) is 8. The summed E-state index contributed by atoms with van der Waals surface area (Å²) in [6.45, 7) is 2.69. The van der Waals surface area contributed by atoms with Crippen LogP contribution in [0.3, 0.4) is 0 Å². The van der Waals surface area contributed by atoms with E-state index in [4.69, 9.17) is 14.2 Å². The molecule has 3 aromatic rings. The lowest BCUT2D eigenvalue weighted by atomic mass is 10.1. The number of benzene rings is 2. The Labute approximate surface area is 187 Å². The molecule has 160 valence electrons. The first kappa shape index (κ1) is 21.2. The SMILES string of the molecule is CCOc1ccc(NC(=O)Cc2csc(SCC(=O)c3ccc4c(c3)OCO4)n2)cc1. The maximum absolute atomic E-state index is 12.5. The van der Waals surface area contributed by atoms with E-state index in [2.05, 4.69) is 10.3 Å². The smallest absolute Gasteiger partial charge is 0.231 e. The summed E-state index contributed by atoms with van der Waals surface area (Å²) in [7, 11) is 0. The van der Waals surface area contributed by atoms with Crippen LogP contribution in [0.2, 0.25) is 0 Å². The van der Waals surface area contributed by atoms with Gasteiger partial charge in [0.2, 0.25) is 12.7 Å². The molecule has 2 heterocycles. The van der Waals surface area contributed by atoms with Gasteiger partial charge in [0.25, 0.3) is 0 Å². The van der Waals surface area contributed by atoms with Gasteiger partial charge in [-0.2, -0.15) is 0 Å². The van der Waals surface area contributed by atoms with Crippen LogP contribution >= 0.6 is 23.1 Å². The number of fused-ring (bicyclic) bond motifs is 1. The normalized spacial score (nSPS) is 11.9. The summed E-state index contributed by atoms with van der Waals surface area (Å²) in [5.41, 5.74) is 1.95. The zero-order valence-corrected chi connectivity index (χ0v) is 18.4. The molecular weight excluding hydrogens is 436 g/mol. The van der Waals surface area contributed by atoms with Crippen molar-refractivity contribution in [3.63, 3.8) is 0 Å². The zero-order valence-electron chi connectivity index (χ0n) is 16.8. The number of ether oxygens (including phenoxy) is 3. The van der Waals surface area contributed by atoms with Crippen molar-refractivity contribution in [3.05, 3.63) is 59.1 Å². The maximum Gasteiger partial charge on any atom is 0.231 e. The highest BCUT2D eigenvalue weighted by atomic mass is 32.2. The molecule has 0 radical (unpaired) electrons. The summed E-state index contributed by atoms with van der Waals surface area (Å²) < 4.78 is 16.7. The van der Waals surface area contributed by atoms with Crippen molar-refractivity contribution < 1.29 is 23.8 Å². The number of Topliss-reactive ketones (excluding diaryl/α,β-unsaturated/α-hetero) is 1. The lowest BCUT2D eigenvalue weighted by Gasteiger charge is -2.06. The van der Waals surface area contributed by atoms with E-state index in [1.54, 1.807) is 30.3 Å². The van der Waals surface area contributed by atoms with Crippen molar-refractivity contribution >= 4 is 40.5 Å². The fraction of sp³-hybridized carbons (Fsp3) is 0.227. The number of thiazole rings is 1. The number of carbonyl (C=O) groups is 2. The standard InChI is InChI=1S/C22H20N2O5S2/c1-2-27-17-6-4-15(5-7-17)23-21(26)10-16-11-30-22(24-16)31-12-18(25)14-3-8-19-20(9-14)29-13-28-19/h3-9,11H,2,10,12-13H2,1H3,(H,23,26). The Bertz CT molecular complexity index is 1080. The summed E-state index contributed by atoms with van der Waals surface area (Å²) in [4.78, 5) is 29.2. The molecule has 0 spiro atoms. The Morgan fingerprint density at radius 1 is 1.16 bits per heavy atom. The van der Waals surface area contributed by atoms with Gasteiger partial charge in [-0.15, -0.1) is 11.3 Å². The van der Waals surface area contributed by atoms with E-state index in [0.29, 0.717) is 35.1 Å². The van der Waals surface area contributed by atoms with Crippen LogP contribution in [0.4, 0.5) is 5.69 Å². The number of nitrogens with one attached hydrogen (secondary N) is 1. The van der Waals surface area contributed by atoms with Crippen LogP contribution in [-0.4, -0.2) is 35.8 Å². The molecule has 9 heteroatoms. The molecule has 7 nitrogen and oxygen atoms in total. The molecule has 0 saturated carbocycles. The quantitative estimate of drug-likeness (QED) is 0.377. The first-order chi connectivity index (χ1) is 15.1. The molecule has 4 rings (SSSR count). The molecular formula is C22H20N2O5S2. The average molecular weight is 457 g/mol. The van der Waals surface area contributed by atoms with Crippen LogP contribution in [0, 0.1) is 0 Å². The molecule has 0 saturated heterocycles. The summed E-state index contributed by atoms with van der Waals surface area (Å²) in [6.07, 6.45) is 0.167. The Morgan fingerprint density at radius 2 is 1.97 bits per heavy atom. The number of anilines is 1. The summed E-state index contributed by atoms with van der Waals surface area (Å²) >= 11 is 2.78. The Balaban J connectivity index is 1.27. The van der Waals surface area contributed by atoms with Gasteiger partial charge in [-0.25, -0.2) is 4.98 Å².